The minimum atomic E-state index is -0.469. The van der Waals surface area contributed by atoms with Crippen LogP contribution >= 0.6 is 0 Å². The molecular formula is C17H30N2O5. The van der Waals surface area contributed by atoms with Crippen molar-refractivity contribution in [1.82, 2.24) is 5.32 Å². The number of rotatable bonds is 7. The van der Waals surface area contributed by atoms with Crippen molar-refractivity contribution in [2.75, 3.05) is 33.5 Å². The summed E-state index contributed by atoms with van der Waals surface area (Å²) < 4.78 is 15.1. The van der Waals surface area contributed by atoms with Gasteiger partial charge in [-0.15, -0.1) is 0 Å². The average Bonchev–Trinajstić information content (AvgIpc) is 2.55. The van der Waals surface area contributed by atoms with E-state index in [0.717, 1.165) is 0 Å². The smallest absolute Gasteiger partial charge is 0.336 e. The standard InChI is InChI=1S/C14H22N2O5.C3H8/c1-4-21-14(18)11-7-10(13(17)19-3)9(2)16-12(11)8-20-6-5-15;1-3-2/h16H,4-8,15H2,1-3H3;3H2,1-2H3. The molecule has 0 aromatic carbocycles. The topological polar surface area (TPSA) is 99.9 Å². The largest absolute Gasteiger partial charge is 0.466 e. The van der Waals surface area contributed by atoms with Crippen LogP contribution < -0.4 is 11.1 Å². The number of carbonyl (C=O) groups is 2. The quantitative estimate of drug-likeness (QED) is 0.536. The lowest BCUT2D eigenvalue weighted by molar-refractivity contribution is -0.138. The Hall–Kier alpha value is -1.86. The van der Waals surface area contributed by atoms with Crippen LogP contribution in [-0.4, -0.2) is 45.4 Å². The number of methoxy groups -OCH3 is 1. The average molecular weight is 342 g/mol. The Morgan fingerprint density at radius 1 is 1.17 bits per heavy atom. The molecule has 0 aliphatic carbocycles. The van der Waals surface area contributed by atoms with Gasteiger partial charge in [0.1, 0.15) is 0 Å². The van der Waals surface area contributed by atoms with E-state index in [2.05, 4.69) is 19.2 Å². The molecule has 0 aromatic rings. The van der Waals surface area contributed by atoms with Crippen molar-refractivity contribution in [1.29, 1.82) is 0 Å². The first kappa shape index (κ1) is 22.1. The van der Waals surface area contributed by atoms with Crippen LogP contribution in [0.4, 0.5) is 0 Å². The molecule has 0 unspecified atom stereocenters. The Balaban J connectivity index is 0.00000163. The number of allylic oxidation sites excluding steroid dienone is 1. The van der Waals surface area contributed by atoms with Crippen LogP contribution in [0.1, 0.15) is 40.5 Å². The molecule has 24 heavy (non-hydrogen) atoms. The molecule has 0 saturated carbocycles. The molecule has 1 rings (SSSR count). The van der Waals surface area contributed by atoms with Gasteiger partial charge >= 0.3 is 11.9 Å². The van der Waals surface area contributed by atoms with Gasteiger partial charge in [0, 0.05) is 18.7 Å². The van der Waals surface area contributed by atoms with Gasteiger partial charge in [-0.3, -0.25) is 0 Å². The lowest BCUT2D eigenvalue weighted by Gasteiger charge is -2.24. The number of hydrogen-bond acceptors (Lipinski definition) is 7. The number of dihydropyridines is 1. The molecule has 1 heterocycles. The first-order valence-electron chi connectivity index (χ1n) is 8.18. The van der Waals surface area contributed by atoms with E-state index < -0.39 is 11.9 Å². The summed E-state index contributed by atoms with van der Waals surface area (Å²) in [5.74, 6) is -0.936. The Morgan fingerprint density at radius 3 is 2.29 bits per heavy atom. The number of ether oxygens (including phenoxy) is 3. The zero-order valence-corrected chi connectivity index (χ0v) is 15.4. The number of esters is 2. The van der Waals surface area contributed by atoms with Crippen LogP contribution in [0, 0.1) is 0 Å². The predicted octanol–water partition coefficient (Wildman–Crippen LogP) is 1.64. The van der Waals surface area contributed by atoms with E-state index in [-0.39, 0.29) is 19.6 Å². The van der Waals surface area contributed by atoms with Gasteiger partial charge in [-0.25, -0.2) is 9.59 Å². The summed E-state index contributed by atoms with van der Waals surface area (Å²) in [7, 11) is 1.30. The van der Waals surface area contributed by atoms with Gasteiger partial charge in [0.05, 0.1) is 43.8 Å². The first-order valence-corrected chi connectivity index (χ1v) is 8.18. The first-order chi connectivity index (χ1) is 11.5. The van der Waals surface area contributed by atoms with Crippen molar-refractivity contribution in [2.24, 2.45) is 5.73 Å². The predicted molar refractivity (Wildman–Crippen MR) is 92.0 cm³/mol. The van der Waals surface area contributed by atoms with E-state index >= 15 is 0 Å². The summed E-state index contributed by atoms with van der Waals surface area (Å²) in [6, 6.07) is 0. The fraction of sp³-hybridized carbons (Fsp3) is 0.647. The van der Waals surface area contributed by atoms with Crippen LogP contribution in [0.3, 0.4) is 0 Å². The van der Waals surface area contributed by atoms with Gasteiger partial charge in [-0.05, 0) is 13.8 Å². The van der Waals surface area contributed by atoms with Crippen molar-refractivity contribution in [3.8, 4) is 0 Å². The van der Waals surface area contributed by atoms with Crippen LogP contribution in [-0.2, 0) is 23.8 Å². The van der Waals surface area contributed by atoms with E-state index in [0.29, 0.717) is 35.7 Å². The highest BCUT2D eigenvalue weighted by Crippen LogP contribution is 2.25. The Bertz CT molecular complexity index is 483. The van der Waals surface area contributed by atoms with Crippen LogP contribution in [0.25, 0.3) is 0 Å². The van der Waals surface area contributed by atoms with Crippen LogP contribution in [0.2, 0.25) is 0 Å². The van der Waals surface area contributed by atoms with Crippen LogP contribution in [0.5, 0.6) is 0 Å². The zero-order valence-electron chi connectivity index (χ0n) is 15.4. The third-order valence-corrected chi connectivity index (χ3v) is 2.97. The second kappa shape index (κ2) is 12.5. The molecule has 7 heteroatoms. The molecule has 3 N–H and O–H groups in total. The lowest BCUT2D eigenvalue weighted by Crippen LogP contribution is -2.30. The van der Waals surface area contributed by atoms with Crippen molar-refractivity contribution >= 4 is 11.9 Å². The van der Waals surface area contributed by atoms with E-state index in [1.54, 1.807) is 13.8 Å². The van der Waals surface area contributed by atoms with Gasteiger partial charge in [0.25, 0.3) is 0 Å². The maximum atomic E-state index is 12.0. The van der Waals surface area contributed by atoms with E-state index in [4.69, 9.17) is 19.9 Å². The summed E-state index contributed by atoms with van der Waals surface area (Å²) in [5.41, 5.74) is 7.38. The highest BCUT2D eigenvalue weighted by Gasteiger charge is 2.28. The molecule has 1 aliphatic heterocycles. The molecule has 7 nitrogen and oxygen atoms in total. The molecular weight excluding hydrogens is 312 g/mol. The number of nitrogens with two attached hydrogens (primary N) is 1. The maximum absolute atomic E-state index is 12.0. The fourth-order valence-electron chi connectivity index (χ4n) is 1.94. The van der Waals surface area contributed by atoms with Gasteiger partial charge in [0.2, 0.25) is 0 Å². The van der Waals surface area contributed by atoms with Crippen LogP contribution in [0.15, 0.2) is 22.5 Å². The summed E-state index contributed by atoms with van der Waals surface area (Å²) in [4.78, 5) is 23.8. The van der Waals surface area contributed by atoms with Gasteiger partial charge < -0.3 is 25.3 Å². The molecule has 0 spiro atoms. The zero-order chi connectivity index (χ0) is 18.5. The third kappa shape index (κ3) is 7.14. The molecule has 0 saturated heterocycles. The molecule has 138 valence electrons. The van der Waals surface area contributed by atoms with Crippen molar-refractivity contribution in [3.63, 3.8) is 0 Å². The highest BCUT2D eigenvalue weighted by atomic mass is 16.5. The Morgan fingerprint density at radius 2 is 1.79 bits per heavy atom. The monoisotopic (exact) mass is 342 g/mol. The lowest BCUT2D eigenvalue weighted by atomic mass is 9.98. The Labute approximate surface area is 144 Å². The van der Waals surface area contributed by atoms with Gasteiger partial charge in [0.15, 0.2) is 0 Å². The minimum Gasteiger partial charge on any atom is -0.466 e. The molecule has 0 fully saturated rings. The molecule has 0 radical (unpaired) electrons. The summed E-state index contributed by atoms with van der Waals surface area (Å²) in [6.07, 6.45) is 1.41. The summed E-state index contributed by atoms with van der Waals surface area (Å²) in [6.45, 7) is 8.96. The van der Waals surface area contributed by atoms with E-state index in [9.17, 15) is 9.59 Å². The van der Waals surface area contributed by atoms with Crippen molar-refractivity contribution < 1.29 is 23.8 Å². The maximum Gasteiger partial charge on any atom is 0.336 e. The molecule has 1 aliphatic rings. The van der Waals surface area contributed by atoms with E-state index in [1.165, 1.54) is 13.5 Å². The molecule has 0 bridgehead atoms. The van der Waals surface area contributed by atoms with Gasteiger partial charge in [-0.1, -0.05) is 20.3 Å². The van der Waals surface area contributed by atoms with Crippen molar-refractivity contribution in [2.45, 2.75) is 40.5 Å². The normalized spacial score (nSPS) is 13.8. The summed E-state index contributed by atoms with van der Waals surface area (Å²) in [5, 5.41) is 3.02. The SMILES string of the molecule is CCC.CCOC(=O)C1=C(COCCN)NC(C)=C(C(=O)OC)C1. The highest BCUT2D eigenvalue weighted by molar-refractivity contribution is 5.96. The molecule has 0 atom stereocenters. The minimum absolute atomic E-state index is 0.158. The molecule has 0 aromatic heterocycles. The second-order valence-electron chi connectivity index (χ2n) is 5.12. The molecule has 0 amide bonds. The van der Waals surface area contributed by atoms with Gasteiger partial charge in [-0.2, -0.15) is 0 Å². The Kier molecular flexibility index (Phi) is 11.6. The summed E-state index contributed by atoms with van der Waals surface area (Å²) >= 11 is 0. The van der Waals surface area contributed by atoms with E-state index in [1.807, 2.05) is 0 Å². The fourth-order valence-corrected chi connectivity index (χ4v) is 1.94. The third-order valence-electron chi connectivity index (χ3n) is 2.97. The number of hydrogen-bond donors (Lipinski definition) is 2. The number of nitrogens with one attached hydrogen (secondary N) is 1. The van der Waals surface area contributed by atoms with Crippen molar-refractivity contribution in [3.05, 3.63) is 22.5 Å². The number of carbonyl (C=O) groups excluding carboxylic acids is 2. The second-order valence-corrected chi connectivity index (χ2v) is 5.12.